The third kappa shape index (κ3) is 4.64. The van der Waals surface area contributed by atoms with Crippen LogP contribution in [-0.2, 0) is 17.5 Å². The number of amides is 1. The van der Waals surface area contributed by atoms with E-state index in [-0.39, 0.29) is 22.8 Å². The van der Waals surface area contributed by atoms with Crippen molar-refractivity contribution in [1.29, 1.82) is 5.26 Å². The molecule has 182 valence electrons. The van der Waals surface area contributed by atoms with Crippen LogP contribution in [0.2, 0.25) is 0 Å². The second-order valence-electron chi connectivity index (χ2n) is 9.50. The monoisotopic (exact) mass is 491 g/mol. The molecule has 0 N–H and O–H groups in total. The van der Waals surface area contributed by atoms with Crippen LogP contribution in [0.1, 0.15) is 34.5 Å². The molecule has 2 aliphatic heterocycles. The number of carbonyl (C=O) groups is 1. The summed E-state index contributed by atoms with van der Waals surface area (Å²) in [5.41, 5.74) is 1.83. The summed E-state index contributed by atoms with van der Waals surface area (Å²) in [7, 11) is 3.55. The maximum atomic E-state index is 13.4. The second kappa shape index (κ2) is 9.19. The van der Waals surface area contributed by atoms with Crippen molar-refractivity contribution in [2.45, 2.75) is 32.5 Å². The Kier molecular flexibility index (Phi) is 6.62. The molecule has 0 bridgehead atoms. The van der Waals surface area contributed by atoms with E-state index in [2.05, 4.69) is 9.88 Å². The largest absolute Gasteiger partial charge is 0.417 e. The van der Waals surface area contributed by atoms with Gasteiger partial charge in [0.15, 0.2) is 0 Å². The number of thiazole rings is 1. The Morgan fingerprint density at radius 1 is 1.32 bits per heavy atom. The number of nitrogens with zero attached hydrogens (tertiary/aromatic N) is 5. The van der Waals surface area contributed by atoms with E-state index in [1.54, 1.807) is 42.5 Å². The molecule has 2 aromatic rings. The smallest absolute Gasteiger partial charge is 0.371 e. The van der Waals surface area contributed by atoms with Gasteiger partial charge in [-0.15, -0.1) is 11.3 Å². The molecule has 1 amide bonds. The van der Waals surface area contributed by atoms with Crippen molar-refractivity contribution in [2.75, 3.05) is 45.2 Å². The van der Waals surface area contributed by atoms with Crippen LogP contribution in [-0.4, -0.2) is 61.0 Å². The van der Waals surface area contributed by atoms with Gasteiger partial charge in [0.05, 0.1) is 34.3 Å². The number of nitriles is 1. The first-order chi connectivity index (χ1) is 16.0. The van der Waals surface area contributed by atoms with Gasteiger partial charge in [-0.2, -0.15) is 18.4 Å². The molecule has 0 aliphatic carbocycles. The Morgan fingerprint density at radius 3 is 2.59 bits per heavy atom. The Morgan fingerprint density at radius 2 is 2.03 bits per heavy atom. The number of aryl methyl sites for hydroxylation is 1. The highest BCUT2D eigenvalue weighted by Gasteiger charge is 2.51. The quantitative estimate of drug-likeness (QED) is 0.643. The Labute approximate surface area is 201 Å². The molecule has 0 radical (unpaired) electrons. The minimum absolute atomic E-state index is 0.106. The van der Waals surface area contributed by atoms with Gasteiger partial charge in [-0.05, 0) is 43.4 Å². The number of benzene rings is 1. The highest BCUT2D eigenvalue weighted by Crippen LogP contribution is 2.47. The predicted molar refractivity (Wildman–Crippen MR) is 124 cm³/mol. The van der Waals surface area contributed by atoms with Crippen molar-refractivity contribution < 1.29 is 18.0 Å². The summed E-state index contributed by atoms with van der Waals surface area (Å²) >= 11 is 1.62. The first-order valence-electron chi connectivity index (χ1n) is 11.2. The van der Waals surface area contributed by atoms with Crippen LogP contribution in [0.15, 0.2) is 23.7 Å². The lowest BCUT2D eigenvalue weighted by Gasteiger charge is -2.43. The highest BCUT2D eigenvalue weighted by atomic mass is 32.1. The SMILES string of the molecule is Cc1ncsc1CN1CC(C(=O)N(C)C)C2(CCN(c3ccc(C#N)c(C(F)(F)F)c3)CC2)C1. The molecule has 2 aliphatic rings. The molecule has 1 spiro atoms. The van der Waals surface area contributed by atoms with Gasteiger partial charge in [-0.1, -0.05) is 0 Å². The van der Waals surface area contributed by atoms with E-state index >= 15 is 0 Å². The number of alkyl halides is 3. The number of anilines is 1. The number of rotatable bonds is 4. The van der Waals surface area contributed by atoms with Crippen molar-refractivity contribution in [3.8, 4) is 6.07 Å². The minimum Gasteiger partial charge on any atom is -0.371 e. The summed E-state index contributed by atoms with van der Waals surface area (Å²) in [6.45, 7) is 5.32. The first kappa shape index (κ1) is 24.5. The van der Waals surface area contributed by atoms with Gasteiger partial charge in [0.2, 0.25) is 5.91 Å². The van der Waals surface area contributed by atoms with E-state index in [0.717, 1.165) is 37.7 Å². The summed E-state index contributed by atoms with van der Waals surface area (Å²) in [5, 5.41) is 9.07. The number of piperidine rings is 1. The van der Waals surface area contributed by atoms with Gasteiger partial charge in [0.25, 0.3) is 0 Å². The molecule has 6 nitrogen and oxygen atoms in total. The molecule has 1 unspecified atom stereocenters. The molecular formula is C24H28F3N5OS. The molecule has 1 aromatic carbocycles. The number of likely N-dealkylation sites (tertiary alicyclic amines) is 1. The predicted octanol–water partition coefficient (Wildman–Crippen LogP) is 4.15. The average Bonchev–Trinajstić information content (AvgIpc) is 3.36. The zero-order valence-electron chi connectivity index (χ0n) is 19.5. The standard InChI is InChI=1S/C24H28F3N5OS/c1-16-21(34-15-29-16)13-31-12-20(22(33)30(2)3)23(14-31)6-8-32(9-7-23)18-5-4-17(11-28)19(10-18)24(25,26)27/h4-5,10,15,20H,6-9,12-14H2,1-3H3. The molecule has 10 heteroatoms. The van der Waals surface area contributed by atoms with E-state index in [1.807, 2.05) is 17.3 Å². The zero-order valence-corrected chi connectivity index (χ0v) is 20.3. The van der Waals surface area contributed by atoms with Crippen LogP contribution in [0.4, 0.5) is 18.9 Å². The number of halogens is 3. The van der Waals surface area contributed by atoms with Crippen molar-refractivity contribution >= 4 is 22.9 Å². The highest BCUT2D eigenvalue weighted by molar-refractivity contribution is 7.09. The summed E-state index contributed by atoms with van der Waals surface area (Å²) in [6.07, 6.45) is -3.14. The van der Waals surface area contributed by atoms with Crippen LogP contribution in [0.5, 0.6) is 0 Å². The van der Waals surface area contributed by atoms with E-state index in [9.17, 15) is 18.0 Å². The maximum Gasteiger partial charge on any atom is 0.417 e. The van der Waals surface area contributed by atoms with Gasteiger partial charge >= 0.3 is 6.18 Å². The minimum atomic E-state index is -4.58. The third-order valence-electron chi connectivity index (χ3n) is 7.22. The summed E-state index contributed by atoms with van der Waals surface area (Å²) in [6, 6.07) is 5.54. The van der Waals surface area contributed by atoms with E-state index in [0.29, 0.717) is 25.3 Å². The summed E-state index contributed by atoms with van der Waals surface area (Å²) < 4.78 is 40.3. The van der Waals surface area contributed by atoms with E-state index in [4.69, 9.17) is 5.26 Å². The lowest BCUT2D eigenvalue weighted by molar-refractivity contribution is -0.138. The molecule has 0 saturated carbocycles. The summed E-state index contributed by atoms with van der Waals surface area (Å²) in [4.78, 5) is 24.6. The average molecular weight is 492 g/mol. The van der Waals surface area contributed by atoms with E-state index in [1.165, 1.54) is 10.9 Å². The molecule has 1 aromatic heterocycles. The van der Waals surface area contributed by atoms with Crippen molar-refractivity contribution in [3.63, 3.8) is 0 Å². The molecule has 3 heterocycles. The topological polar surface area (TPSA) is 63.5 Å². The fourth-order valence-electron chi connectivity index (χ4n) is 5.30. The molecular weight excluding hydrogens is 463 g/mol. The molecule has 2 saturated heterocycles. The lowest BCUT2D eigenvalue weighted by atomic mass is 9.70. The van der Waals surface area contributed by atoms with Gasteiger partial charge < -0.3 is 9.80 Å². The normalized spacial score (nSPS) is 20.5. The number of hydrogen-bond acceptors (Lipinski definition) is 6. The number of carbonyl (C=O) groups excluding carboxylic acids is 1. The Bertz CT molecular complexity index is 1100. The molecule has 1 atom stereocenters. The fraction of sp³-hybridized carbons (Fsp3) is 0.542. The maximum absolute atomic E-state index is 13.4. The molecule has 4 rings (SSSR count). The number of hydrogen-bond donors (Lipinski definition) is 0. The van der Waals surface area contributed by atoms with Crippen LogP contribution < -0.4 is 4.90 Å². The lowest BCUT2D eigenvalue weighted by Crippen LogP contribution is -2.48. The summed E-state index contributed by atoms with van der Waals surface area (Å²) in [5.74, 6) is -0.0423. The van der Waals surface area contributed by atoms with Gasteiger partial charge in [-0.25, -0.2) is 4.98 Å². The fourth-order valence-corrected chi connectivity index (χ4v) is 6.12. The van der Waals surface area contributed by atoms with Gasteiger partial charge in [0.1, 0.15) is 0 Å². The van der Waals surface area contributed by atoms with Crippen LogP contribution >= 0.6 is 11.3 Å². The van der Waals surface area contributed by atoms with Crippen molar-refractivity contribution in [3.05, 3.63) is 45.4 Å². The Balaban J connectivity index is 1.54. The Hall–Kier alpha value is -2.64. The second-order valence-corrected chi connectivity index (χ2v) is 10.4. The zero-order chi connectivity index (χ0) is 24.7. The number of aromatic nitrogens is 1. The van der Waals surface area contributed by atoms with Crippen LogP contribution in [0.25, 0.3) is 0 Å². The van der Waals surface area contributed by atoms with E-state index < -0.39 is 11.7 Å². The van der Waals surface area contributed by atoms with Gasteiger partial charge in [0, 0.05) is 57.4 Å². The van der Waals surface area contributed by atoms with Crippen LogP contribution in [0.3, 0.4) is 0 Å². The first-order valence-corrected chi connectivity index (χ1v) is 12.1. The molecule has 34 heavy (non-hydrogen) atoms. The molecule has 2 fully saturated rings. The third-order valence-corrected chi connectivity index (χ3v) is 8.14. The van der Waals surface area contributed by atoms with Crippen LogP contribution in [0, 0.1) is 29.6 Å². The van der Waals surface area contributed by atoms with Crippen molar-refractivity contribution in [1.82, 2.24) is 14.8 Å². The van der Waals surface area contributed by atoms with Gasteiger partial charge in [-0.3, -0.25) is 9.69 Å². The van der Waals surface area contributed by atoms with Crippen molar-refractivity contribution in [2.24, 2.45) is 11.3 Å².